The van der Waals surface area contributed by atoms with E-state index in [9.17, 15) is 9.18 Å². The number of piperidine rings is 1. The molecule has 0 saturated carbocycles. The number of aromatic nitrogens is 2. The van der Waals surface area contributed by atoms with Crippen molar-refractivity contribution >= 4 is 34.0 Å². The zero-order valence-electron chi connectivity index (χ0n) is 14.4. The first kappa shape index (κ1) is 16.9. The van der Waals surface area contributed by atoms with Crippen LogP contribution in [0.2, 0.25) is 0 Å². The Morgan fingerprint density at radius 1 is 1.23 bits per heavy atom. The van der Waals surface area contributed by atoms with Crippen molar-refractivity contribution in [2.75, 3.05) is 18.0 Å². The number of anilines is 1. The van der Waals surface area contributed by atoms with Crippen molar-refractivity contribution in [1.29, 1.82) is 0 Å². The fourth-order valence-corrected chi connectivity index (χ4v) is 4.09. The summed E-state index contributed by atoms with van der Waals surface area (Å²) in [6.07, 6.45) is 3.18. The van der Waals surface area contributed by atoms with Crippen LogP contribution in [0.25, 0.3) is 10.9 Å². The first-order valence-electron chi connectivity index (χ1n) is 8.62. The third-order valence-electron chi connectivity index (χ3n) is 4.67. The molecule has 1 aromatic carbocycles. The van der Waals surface area contributed by atoms with Crippen molar-refractivity contribution in [3.63, 3.8) is 0 Å². The SMILES string of the molecule is Cc1ccc(C(=O)NC2CCN(c3ncnc4ccc(F)cc34)CC2)s1. The molecule has 1 fully saturated rings. The molecule has 26 heavy (non-hydrogen) atoms. The lowest BCUT2D eigenvalue weighted by atomic mass is 10.0. The molecule has 1 saturated heterocycles. The second-order valence-electron chi connectivity index (χ2n) is 6.50. The molecule has 2 aromatic heterocycles. The number of halogens is 1. The number of amides is 1. The number of hydrogen-bond acceptors (Lipinski definition) is 5. The molecule has 3 aromatic rings. The molecule has 5 nitrogen and oxygen atoms in total. The highest BCUT2D eigenvalue weighted by atomic mass is 32.1. The van der Waals surface area contributed by atoms with E-state index in [4.69, 9.17) is 0 Å². The maximum Gasteiger partial charge on any atom is 0.261 e. The molecule has 7 heteroatoms. The summed E-state index contributed by atoms with van der Waals surface area (Å²) in [6.45, 7) is 3.52. The average molecular weight is 370 g/mol. The molecular formula is C19H19FN4OS. The van der Waals surface area contributed by atoms with Gasteiger partial charge in [-0.3, -0.25) is 4.79 Å². The third kappa shape index (κ3) is 3.39. The van der Waals surface area contributed by atoms with Crippen LogP contribution in [0.5, 0.6) is 0 Å². The zero-order valence-corrected chi connectivity index (χ0v) is 15.2. The number of carbonyl (C=O) groups excluding carboxylic acids is 1. The molecule has 0 aliphatic carbocycles. The Hall–Kier alpha value is -2.54. The molecule has 0 spiro atoms. The molecule has 4 rings (SSSR count). The minimum absolute atomic E-state index is 0.00360. The van der Waals surface area contributed by atoms with Crippen LogP contribution in [0.4, 0.5) is 10.2 Å². The summed E-state index contributed by atoms with van der Waals surface area (Å²) in [6, 6.07) is 8.54. The summed E-state index contributed by atoms with van der Waals surface area (Å²) >= 11 is 1.51. The summed E-state index contributed by atoms with van der Waals surface area (Å²) in [7, 11) is 0. The van der Waals surface area contributed by atoms with Gasteiger partial charge in [-0.2, -0.15) is 0 Å². The summed E-state index contributed by atoms with van der Waals surface area (Å²) in [5, 5.41) is 3.84. The van der Waals surface area contributed by atoms with E-state index in [1.807, 2.05) is 19.1 Å². The number of aryl methyl sites for hydroxylation is 1. The smallest absolute Gasteiger partial charge is 0.261 e. The molecule has 3 heterocycles. The molecule has 1 N–H and O–H groups in total. The fourth-order valence-electron chi connectivity index (χ4n) is 3.32. The van der Waals surface area contributed by atoms with E-state index in [1.165, 1.54) is 29.8 Å². The first-order valence-corrected chi connectivity index (χ1v) is 9.44. The summed E-state index contributed by atoms with van der Waals surface area (Å²) in [5.41, 5.74) is 0.736. The number of nitrogens with zero attached hydrogens (tertiary/aromatic N) is 3. The van der Waals surface area contributed by atoms with Gasteiger partial charge in [0.25, 0.3) is 5.91 Å². The predicted octanol–water partition coefficient (Wildman–Crippen LogP) is 3.54. The Balaban J connectivity index is 1.44. The number of carbonyl (C=O) groups is 1. The van der Waals surface area contributed by atoms with Gasteiger partial charge in [0.2, 0.25) is 0 Å². The Kier molecular flexibility index (Phi) is 4.55. The second kappa shape index (κ2) is 6.99. The van der Waals surface area contributed by atoms with Crippen molar-refractivity contribution in [1.82, 2.24) is 15.3 Å². The van der Waals surface area contributed by atoms with Crippen molar-refractivity contribution in [2.45, 2.75) is 25.8 Å². The van der Waals surface area contributed by atoms with Gasteiger partial charge in [0, 0.05) is 29.4 Å². The highest BCUT2D eigenvalue weighted by molar-refractivity contribution is 7.13. The summed E-state index contributed by atoms with van der Waals surface area (Å²) in [4.78, 5) is 24.9. The maximum atomic E-state index is 13.6. The number of rotatable bonds is 3. The normalized spacial score (nSPS) is 15.4. The fraction of sp³-hybridized carbons (Fsp3) is 0.316. The van der Waals surface area contributed by atoms with Crippen LogP contribution < -0.4 is 10.2 Å². The number of benzene rings is 1. The Morgan fingerprint density at radius 3 is 2.77 bits per heavy atom. The van der Waals surface area contributed by atoms with Gasteiger partial charge < -0.3 is 10.2 Å². The molecular weight excluding hydrogens is 351 g/mol. The van der Waals surface area contributed by atoms with Crippen molar-refractivity contribution in [3.8, 4) is 0 Å². The van der Waals surface area contributed by atoms with Gasteiger partial charge in [-0.15, -0.1) is 11.3 Å². The van der Waals surface area contributed by atoms with Crippen LogP contribution in [0, 0.1) is 12.7 Å². The zero-order chi connectivity index (χ0) is 18.1. The molecule has 1 aliphatic rings. The van der Waals surface area contributed by atoms with E-state index in [0.29, 0.717) is 0 Å². The van der Waals surface area contributed by atoms with E-state index < -0.39 is 0 Å². The van der Waals surface area contributed by atoms with Crippen molar-refractivity contribution in [2.24, 2.45) is 0 Å². The van der Waals surface area contributed by atoms with Crippen LogP contribution >= 0.6 is 11.3 Å². The summed E-state index contributed by atoms with van der Waals surface area (Å²) in [5.74, 6) is 0.464. The van der Waals surface area contributed by atoms with E-state index in [1.54, 1.807) is 6.07 Å². The number of nitrogens with one attached hydrogen (secondary N) is 1. The van der Waals surface area contributed by atoms with Gasteiger partial charge in [-0.25, -0.2) is 14.4 Å². The lowest BCUT2D eigenvalue weighted by molar-refractivity contribution is 0.0935. The van der Waals surface area contributed by atoms with Crippen LogP contribution in [0.3, 0.4) is 0 Å². The molecule has 1 aliphatic heterocycles. The Morgan fingerprint density at radius 2 is 2.04 bits per heavy atom. The highest BCUT2D eigenvalue weighted by Crippen LogP contribution is 2.26. The Labute approximate surface area is 154 Å². The highest BCUT2D eigenvalue weighted by Gasteiger charge is 2.23. The van der Waals surface area contributed by atoms with Crippen LogP contribution in [-0.4, -0.2) is 35.0 Å². The van der Waals surface area contributed by atoms with E-state index >= 15 is 0 Å². The minimum Gasteiger partial charge on any atom is -0.356 e. The van der Waals surface area contributed by atoms with Crippen LogP contribution in [-0.2, 0) is 0 Å². The van der Waals surface area contributed by atoms with Gasteiger partial charge in [-0.05, 0) is 50.1 Å². The lowest BCUT2D eigenvalue weighted by Gasteiger charge is -2.33. The lowest BCUT2D eigenvalue weighted by Crippen LogP contribution is -2.44. The van der Waals surface area contributed by atoms with Gasteiger partial charge in [0.15, 0.2) is 0 Å². The quantitative estimate of drug-likeness (QED) is 0.766. The van der Waals surface area contributed by atoms with Crippen molar-refractivity contribution < 1.29 is 9.18 Å². The predicted molar refractivity (Wildman–Crippen MR) is 101 cm³/mol. The molecule has 0 unspecified atom stereocenters. The van der Waals surface area contributed by atoms with Gasteiger partial charge in [0.1, 0.15) is 18.0 Å². The summed E-state index contributed by atoms with van der Waals surface area (Å²) < 4.78 is 13.6. The van der Waals surface area contributed by atoms with Gasteiger partial charge in [-0.1, -0.05) is 0 Å². The maximum absolute atomic E-state index is 13.6. The molecule has 0 bridgehead atoms. The average Bonchev–Trinajstić information content (AvgIpc) is 3.08. The minimum atomic E-state index is -0.290. The second-order valence-corrected chi connectivity index (χ2v) is 7.79. The third-order valence-corrected chi connectivity index (χ3v) is 5.67. The van der Waals surface area contributed by atoms with Crippen molar-refractivity contribution in [3.05, 3.63) is 52.2 Å². The van der Waals surface area contributed by atoms with E-state index in [0.717, 1.165) is 52.4 Å². The first-order chi connectivity index (χ1) is 12.6. The monoisotopic (exact) mass is 370 g/mol. The molecule has 0 atom stereocenters. The largest absolute Gasteiger partial charge is 0.356 e. The topological polar surface area (TPSA) is 58.1 Å². The standard InChI is InChI=1S/C19H19FN4OS/c1-12-2-5-17(26-12)19(25)23-14-6-8-24(9-7-14)18-15-10-13(20)3-4-16(15)21-11-22-18/h2-5,10-11,14H,6-9H2,1H3,(H,23,25). The number of hydrogen-bond donors (Lipinski definition) is 1. The van der Waals surface area contributed by atoms with E-state index in [2.05, 4.69) is 20.2 Å². The van der Waals surface area contributed by atoms with Crippen LogP contribution in [0.15, 0.2) is 36.7 Å². The van der Waals surface area contributed by atoms with Gasteiger partial charge in [0.05, 0.1) is 10.4 Å². The Bertz CT molecular complexity index is 950. The number of fused-ring (bicyclic) bond motifs is 1. The molecule has 134 valence electrons. The van der Waals surface area contributed by atoms with Gasteiger partial charge >= 0.3 is 0 Å². The van der Waals surface area contributed by atoms with Crippen LogP contribution in [0.1, 0.15) is 27.4 Å². The molecule has 1 amide bonds. The van der Waals surface area contributed by atoms with E-state index in [-0.39, 0.29) is 17.8 Å². The number of thiophene rings is 1. The molecule has 0 radical (unpaired) electrons.